The highest BCUT2D eigenvalue weighted by atomic mass is 16.4. The van der Waals surface area contributed by atoms with Crippen molar-refractivity contribution >= 4 is 11.9 Å². The average Bonchev–Trinajstić information content (AvgIpc) is 2.38. The van der Waals surface area contributed by atoms with Gasteiger partial charge in [-0.3, -0.25) is 4.79 Å². The van der Waals surface area contributed by atoms with E-state index in [-0.39, 0.29) is 5.91 Å². The maximum atomic E-state index is 11.1. The van der Waals surface area contributed by atoms with E-state index >= 15 is 0 Å². The highest BCUT2D eigenvalue weighted by Gasteiger charge is 1.96. The first kappa shape index (κ1) is 17.7. The molecule has 0 radical (unpaired) electrons. The van der Waals surface area contributed by atoms with Gasteiger partial charge in [-0.15, -0.1) is 0 Å². The van der Waals surface area contributed by atoms with Gasteiger partial charge in [0.15, 0.2) is 0 Å². The first-order chi connectivity index (χ1) is 9.16. The summed E-state index contributed by atoms with van der Waals surface area (Å²) in [4.78, 5) is 21.3. The molecule has 0 unspecified atom stereocenters. The quantitative estimate of drug-likeness (QED) is 0.422. The van der Waals surface area contributed by atoms with Crippen molar-refractivity contribution in [3.05, 3.63) is 12.2 Å². The van der Waals surface area contributed by atoms with E-state index in [4.69, 9.17) is 5.11 Å². The molecule has 0 bridgehead atoms. The molecule has 19 heavy (non-hydrogen) atoms. The van der Waals surface area contributed by atoms with Crippen LogP contribution in [0.25, 0.3) is 0 Å². The lowest BCUT2D eigenvalue weighted by atomic mass is 10.1. The van der Waals surface area contributed by atoms with Gasteiger partial charge < -0.3 is 10.4 Å². The molecule has 4 heteroatoms. The van der Waals surface area contributed by atoms with Gasteiger partial charge in [0.1, 0.15) is 0 Å². The predicted octanol–water partition coefficient (Wildman–Crippen LogP) is 3.27. The zero-order valence-electron chi connectivity index (χ0n) is 12.0. The molecule has 0 rings (SSSR count). The van der Waals surface area contributed by atoms with E-state index in [0.29, 0.717) is 6.54 Å². The first-order valence-electron chi connectivity index (χ1n) is 7.35. The minimum Gasteiger partial charge on any atom is -0.478 e. The minimum atomic E-state index is -1.10. The van der Waals surface area contributed by atoms with Gasteiger partial charge in [0.05, 0.1) is 0 Å². The van der Waals surface area contributed by atoms with Crippen molar-refractivity contribution in [2.75, 3.05) is 6.54 Å². The summed E-state index contributed by atoms with van der Waals surface area (Å²) in [5, 5.41) is 11.0. The number of unbranched alkanes of at least 4 members (excludes halogenated alkanes) is 8. The van der Waals surface area contributed by atoms with Gasteiger partial charge in [-0.05, 0) is 6.42 Å². The van der Waals surface area contributed by atoms with Crippen LogP contribution in [0, 0.1) is 0 Å². The number of rotatable bonds is 12. The summed E-state index contributed by atoms with van der Waals surface area (Å²) in [7, 11) is 0. The number of carboxylic acid groups (broad SMARTS) is 1. The number of nitrogens with one attached hydrogen (secondary N) is 1. The van der Waals surface area contributed by atoms with Crippen LogP contribution < -0.4 is 5.32 Å². The van der Waals surface area contributed by atoms with Crippen LogP contribution >= 0.6 is 0 Å². The smallest absolute Gasteiger partial charge is 0.328 e. The van der Waals surface area contributed by atoms with Crippen LogP contribution in [0.3, 0.4) is 0 Å². The zero-order chi connectivity index (χ0) is 14.3. The Hall–Kier alpha value is -1.32. The van der Waals surface area contributed by atoms with E-state index in [0.717, 1.165) is 25.0 Å². The SMILES string of the molecule is CCCCCCCCCCCNC(=O)/C=C/C(=O)O. The van der Waals surface area contributed by atoms with Gasteiger partial charge in [-0.1, -0.05) is 58.3 Å². The molecule has 4 nitrogen and oxygen atoms in total. The summed E-state index contributed by atoms with van der Waals surface area (Å²) in [5.41, 5.74) is 0. The third-order valence-corrected chi connectivity index (χ3v) is 2.96. The molecule has 0 atom stereocenters. The van der Waals surface area contributed by atoms with Crippen molar-refractivity contribution in [2.45, 2.75) is 64.7 Å². The third kappa shape index (κ3) is 14.6. The lowest BCUT2D eigenvalue weighted by Crippen LogP contribution is -2.22. The Morgan fingerprint density at radius 3 is 1.95 bits per heavy atom. The fourth-order valence-corrected chi connectivity index (χ4v) is 1.85. The Balaban J connectivity index is 3.22. The van der Waals surface area contributed by atoms with Crippen LogP contribution in [-0.4, -0.2) is 23.5 Å². The summed E-state index contributed by atoms with van der Waals surface area (Å²) < 4.78 is 0. The fraction of sp³-hybridized carbons (Fsp3) is 0.733. The number of aliphatic carboxylic acids is 1. The van der Waals surface area contributed by atoms with Crippen LogP contribution in [0.15, 0.2) is 12.2 Å². The Labute approximate surface area is 116 Å². The van der Waals surface area contributed by atoms with E-state index in [2.05, 4.69) is 12.2 Å². The van der Waals surface area contributed by atoms with Gasteiger partial charge in [-0.25, -0.2) is 4.79 Å². The van der Waals surface area contributed by atoms with Gasteiger partial charge in [0, 0.05) is 18.7 Å². The summed E-state index contributed by atoms with van der Waals surface area (Å²) in [6.07, 6.45) is 13.1. The van der Waals surface area contributed by atoms with Gasteiger partial charge >= 0.3 is 5.97 Å². The molecule has 0 spiro atoms. The molecule has 0 aliphatic carbocycles. The second-order valence-corrected chi connectivity index (χ2v) is 4.79. The van der Waals surface area contributed by atoms with Crippen LogP contribution in [0.5, 0.6) is 0 Å². The molecule has 0 aromatic heterocycles. The lowest BCUT2D eigenvalue weighted by molar-refractivity contribution is -0.131. The Kier molecular flexibility index (Phi) is 12.2. The molecule has 110 valence electrons. The Bertz CT molecular complexity index is 275. The number of hydrogen-bond donors (Lipinski definition) is 2. The fourth-order valence-electron chi connectivity index (χ4n) is 1.85. The number of carboxylic acids is 1. The molecule has 0 heterocycles. The average molecular weight is 269 g/mol. The van der Waals surface area contributed by atoms with E-state index in [1.807, 2.05) is 0 Å². The molecule has 0 saturated heterocycles. The van der Waals surface area contributed by atoms with Crippen molar-refractivity contribution in [2.24, 2.45) is 0 Å². The molecule has 0 aliphatic rings. The Morgan fingerprint density at radius 1 is 0.895 bits per heavy atom. The summed E-state index contributed by atoms with van der Waals surface area (Å²) >= 11 is 0. The third-order valence-electron chi connectivity index (χ3n) is 2.96. The number of hydrogen-bond acceptors (Lipinski definition) is 2. The zero-order valence-corrected chi connectivity index (χ0v) is 12.0. The first-order valence-corrected chi connectivity index (χ1v) is 7.35. The number of amides is 1. The van der Waals surface area contributed by atoms with Crippen molar-refractivity contribution < 1.29 is 14.7 Å². The van der Waals surface area contributed by atoms with Crippen LogP contribution in [0.2, 0.25) is 0 Å². The van der Waals surface area contributed by atoms with Gasteiger partial charge in [0.25, 0.3) is 0 Å². The van der Waals surface area contributed by atoms with E-state index < -0.39 is 5.97 Å². The normalized spacial score (nSPS) is 10.8. The summed E-state index contributed by atoms with van der Waals surface area (Å²) in [6.45, 7) is 2.85. The van der Waals surface area contributed by atoms with Crippen molar-refractivity contribution in [3.63, 3.8) is 0 Å². The second-order valence-electron chi connectivity index (χ2n) is 4.79. The maximum Gasteiger partial charge on any atom is 0.328 e. The van der Waals surface area contributed by atoms with E-state index in [9.17, 15) is 9.59 Å². The number of carbonyl (C=O) groups excluding carboxylic acids is 1. The lowest BCUT2D eigenvalue weighted by Gasteiger charge is -2.03. The molecule has 0 aromatic rings. The second kappa shape index (κ2) is 13.1. The molecule has 2 N–H and O–H groups in total. The summed E-state index contributed by atoms with van der Waals surface area (Å²) in [5.74, 6) is -1.43. The Morgan fingerprint density at radius 2 is 1.42 bits per heavy atom. The molecule has 0 aromatic carbocycles. The van der Waals surface area contributed by atoms with Crippen molar-refractivity contribution in [1.29, 1.82) is 0 Å². The van der Waals surface area contributed by atoms with Crippen LogP contribution in [0.4, 0.5) is 0 Å². The highest BCUT2D eigenvalue weighted by Crippen LogP contribution is 2.09. The number of carbonyl (C=O) groups is 2. The molecular formula is C15H27NO3. The monoisotopic (exact) mass is 269 g/mol. The van der Waals surface area contributed by atoms with Gasteiger partial charge in [-0.2, -0.15) is 0 Å². The minimum absolute atomic E-state index is 0.332. The maximum absolute atomic E-state index is 11.1. The van der Waals surface area contributed by atoms with Crippen molar-refractivity contribution in [3.8, 4) is 0 Å². The largest absolute Gasteiger partial charge is 0.478 e. The van der Waals surface area contributed by atoms with Crippen LogP contribution in [0.1, 0.15) is 64.7 Å². The highest BCUT2D eigenvalue weighted by molar-refractivity contribution is 5.93. The summed E-state index contributed by atoms with van der Waals surface area (Å²) in [6, 6.07) is 0. The molecule has 0 saturated carbocycles. The van der Waals surface area contributed by atoms with E-state index in [1.54, 1.807) is 0 Å². The van der Waals surface area contributed by atoms with E-state index in [1.165, 1.54) is 44.9 Å². The van der Waals surface area contributed by atoms with Crippen LogP contribution in [-0.2, 0) is 9.59 Å². The van der Waals surface area contributed by atoms with Gasteiger partial charge in [0.2, 0.25) is 5.91 Å². The standard InChI is InChI=1S/C15H27NO3/c1-2-3-4-5-6-7-8-9-10-13-16-14(17)11-12-15(18)19/h11-12H,2-10,13H2,1H3,(H,16,17)(H,18,19)/b12-11+. The molecule has 1 amide bonds. The molecule has 0 fully saturated rings. The molecule has 0 aliphatic heterocycles. The predicted molar refractivity (Wildman–Crippen MR) is 77.0 cm³/mol. The van der Waals surface area contributed by atoms with Crippen molar-refractivity contribution in [1.82, 2.24) is 5.32 Å². The topological polar surface area (TPSA) is 66.4 Å². The molecular weight excluding hydrogens is 242 g/mol.